The SMILES string of the molecule is Oc1ccc(SCc2ccc(Cl)cc2)c2ccccc12. The first kappa shape index (κ1) is 13.3. The molecule has 20 heavy (non-hydrogen) atoms. The van der Waals surface area contributed by atoms with Crippen molar-refractivity contribution >= 4 is 34.1 Å². The summed E-state index contributed by atoms with van der Waals surface area (Å²) in [7, 11) is 0. The van der Waals surface area contributed by atoms with Crippen LogP contribution in [0.15, 0.2) is 65.6 Å². The van der Waals surface area contributed by atoms with Crippen molar-refractivity contribution in [1.29, 1.82) is 0 Å². The second kappa shape index (κ2) is 5.78. The minimum absolute atomic E-state index is 0.330. The van der Waals surface area contributed by atoms with Crippen LogP contribution >= 0.6 is 23.4 Å². The Bertz CT molecular complexity index is 738. The standard InChI is InChI=1S/C17H13ClOS/c18-13-7-5-12(6-8-13)11-20-17-10-9-16(19)14-3-1-2-4-15(14)17/h1-10,19H,11H2. The fourth-order valence-electron chi connectivity index (χ4n) is 2.12. The molecule has 0 radical (unpaired) electrons. The number of rotatable bonds is 3. The fraction of sp³-hybridized carbons (Fsp3) is 0.0588. The van der Waals surface area contributed by atoms with Crippen LogP contribution in [0.4, 0.5) is 0 Å². The molecule has 0 atom stereocenters. The maximum Gasteiger partial charge on any atom is 0.123 e. The van der Waals surface area contributed by atoms with Crippen molar-refractivity contribution < 1.29 is 5.11 Å². The van der Waals surface area contributed by atoms with Crippen LogP contribution in [0.2, 0.25) is 5.02 Å². The van der Waals surface area contributed by atoms with Gasteiger partial charge in [0.05, 0.1) is 0 Å². The summed E-state index contributed by atoms with van der Waals surface area (Å²) in [5.74, 6) is 1.21. The van der Waals surface area contributed by atoms with Crippen molar-refractivity contribution in [2.75, 3.05) is 0 Å². The molecule has 0 aliphatic carbocycles. The van der Waals surface area contributed by atoms with E-state index in [1.54, 1.807) is 17.8 Å². The van der Waals surface area contributed by atoms with Gasteiger partial charge < -0.3 is 5.11 Å². The highest BCUT2D eigenvalue weighted by atomic mass is 35.5. The van der Waals surface area contributed by atoms with E-state index in [1.807, 2.05) is 54.6 Å². The summed E-state index contributed by atoms with van der Waals surface area (Å²) in [6.07, 6.45) is 0. The zero-order valence-electron chi connectivity index (χ0n) is 10.7. The van der Waals surface area contributed by atoms with Crippen LogP contribution in [-0.2, 0) is 5.75 Å². The average Bonchev–Trinajstić information content (AvgIpc) is 2.49. The van der Waals surface area contributed by atoms with E-state index < -0.39 is 0 Å². The first-order chi connectivity index (χ1) is 9.74. The van der Waals surface area contributed by atoms with E-state index in [9.17, 15) is 5.11 Å². The molecule has 0 fully saturated rings. The highest BCUT2D eigenvalue weighted by Crippen LogP contribution is 2.34. The van der Waals surface area contributed by atoms with E-state index in [0.29, 0.717) is 5.75 Å². The lowest BCUT2D eigenvalue weighted by Gasteiger charge is -2.08. The number of aromatic hydroxyl groups is 1. The van der Waals surface area contributed by atoms with Crippen molar-refractivity contribution in [3.05, 3.63) is 71.2 Å². The molecule has 100 valence electrons. The lowest BCUT2D eigenvalue weighted by atomic mass is 10.1. The average molecular weight is 301 g/mol. The fourth-order valence-corrected chi connectivity index (χ4v) is 3.26. The van der Waals surface area contributed by atoms with Gasteiger partial charge in [-0.05, 0) is 35.2 Å². The third-order valence-electron chi connectivity index (χ3n) is 3.17. The second-order valence-corrected chi connectivity index (χ2v) is 6.00. The molecule has 0 bridgehead atoms. The number of fused-ring (bicyclic) bond motifs is 1. The minimum atomic E-state index is 0.330. The molecule has 0 amide bonds. The van der Waals surface area contributed by atoms with Crippen LogP contribution < -0.4 is 0 Å². The molecule has 0 unspecified atom stereocenters. The largest absolute Gasteiger partial charge is 0.507 e. The molecule has 0 saturated carbocycles. The van der Waals surface area contributed by atoms with E-state index in [-0.39, 0.29) is 0 Å². The van der Waals surface area contributed by atoms with Crippen molar-refractivity contribution in [3.8, 4) is 5.75 Å². The summed E-state index contributed by atoms with van der Waals surface area (Å²) >= 11 is 7.65. The van der Waals surface area contributed by atoms with Crippen molar-refractivity contribution in [2.45, 2.75) is 10.6 Å². The zero-order valence-corrected chi connectivity index (χ0v) is 12.3. The first-order valence-corrected chi connectivity index (χ1v) is 7.68. The maximum atomic E-state index is 9.89. The lowest BCUT2D eigenvalue weighted by molar-refractivity contribution is 0.481. The summed E-state index contributed by atoms with van der Waals surface area (Å²) in [5, 5.41) is 12.6. The van der Waals surface area contributed by atoms with Crippen molar-refractivity contribution in [3.63, 3.8) is 0 Å². The predicted molar refractivity (Wildman–Crippen MR) is 86.6 cm³/mol. The van der Waals surface area contributed by atoms with Crippen LogP contribution in [0.25, 0.3) is 10.8 Å². The number of hydrogen-bond acceptors (Lipinski definition) is 2. The monoisotopic (exact) mass is 300 g/mol. The van der Waals surface area contributed by atoms with Gasteiger partial charge >= 0.3 is 0 Å². The maximum absolute atomic E-state index is 9.89. The van der Waals surface area contributed by atoms with E-state index >= 15 is 0 Å². The molecule has 3 heteroatoms. The Morgan fingerprint density at radius 1 is 0.850 bits per heavy atom. The number of thioether (sulfide) groups is 1. The van der Waals surface area contributed by atoms with Gasteiger partial charge in [-0.2, -0.15) is 0 Å². The van der Waals surface area contributed by atoms with Crippen LogP contribution in [0.3, 0.4) is 0 Å². The smallest absolute Gasteiger partial charge is 0.123 e. The van der Waals surface area contributed by atoms with Gasteiger partial charge in [0.15, 0.2) is 0 Å². The molecule has 1 N–H and O–H groups in total. The van der Waals surface area contributed by atoms with Crippen molar-refractivity contribution in [2.24, 2.45) is 0 Å². The van der Waals surface area contributed by atoms with Crippen LogP contribution in [0, 0.1) is 0 Å². The molecule has 0 aromatic heterocycles. The quantitative estimate of drug-likeness (QED) is 0.645. The summed E-state index contributed by atoms with van der Waals surface area (Å²) in [4.78, 5) is 1.17. The number of benzene rings is 3. The van der Waals surface area contributed by atoms with Gasteiger partial charge in [-0.1, -0.05) is 48.0 Å². The highest BCUT2D eigenvalue weighted by molar-refractivity contribution is 7.98. The van der Waals surface area contributed by atoms with E-state index in [2.05, 4.69) is 0 Å². The molecule has 0 aliphatic heterocycles. The molecular weight excluding hydrogens is 288 g/mol. The summed E-state index contributed by atoms with van der Waals surface area (Å²) in [6, 6.07) is 19.5. The Morgan fingerprint density at radius 2 is 1.55 bits per heavy atom. The lowest BCUT2D eigenvalue weighted by Crippen LogP contribution is -1.82. The van der Waals surface area contributed by atoms with Crippen LogP contribution in [0.1, 0.15) is 5.56 Å². The molecule has 0 heterocycles. The Labute approximate surface area is 127 Å². The number of phenolic OH excluding ortho intramolecular Hbond substituents is 1. The van der Waals surface area contributed by atoms with Gasteiger partial charge in [0.1, 0.15) is 5.75 Å². The highest BCUT2D eigenvalue weighted by Gasteiger charge is 2.05. The van der Waals surface area contributed by atoms with E-state index in [4.69, 9.17) is 11.6 Å². The molecule has 0 saturated heterocycles. The van der Waals surface area contributed by atoms with E-state index in [0.717, 1.165) is 21.5 Å². The van der Waals surface area contributed by atoms with Gasteiger partial charge in [0.2, 0.25) is 0 Å². The van der Waals surface area contributed by atoms with Gasteiger partial charge in [-0.15, -0.1) is 11.8 Å². The molecule has 3 aromatic rings. The van der Waals surface area contributed by atoms with Gasteiger partial charge in [0.25, 0.3) is 0 Å². The summed E-state index contributed by atoms with van der Waals surface area (Å²) < 4.78 is 0. The second-order valence-electron chi connectivity index (χ2n) is 4.54. The molecule has 3 rings (SSSR count). The van der Waals surface area contributed by atoms with E-state index in [1.165, 1.54) is 10.5 Å². The topological polar surface area (TPSA) is 20.2 Å². The third kappa shape index (κ3) is 2.77. The van der Waals surface area contributed by atoms with Gasteiger partial charge in [-0.25, -0.2) is 0 Å². The van der Waals surface area contributed by atoms with Crippen molar-refractivity contribution in [1.82, 2.24) is 0 Å². The van der Waals surface area contributed by atoms with Crippen LogP contribution in [0.5, 0.6) is 5.75 Å². The number of halogens is 1. The molecule has 1 nitrogen and oxygen atoms in total. The predicted octanol–water partition coefficient (Wildman–Crippen LogP) is 5.49. The molecular formula is C17H13ClOS. The Hall–Kier alpha value is -1.64. The van der Waals surface area contributed by atoms with Gasteiger partial charge in [0, 0.05) is 21.1 Å². The summed E-state index contributed by atoms with van der Waals surface area (Å²) in [6.45, 7) is 0. The first-order valence-electron chi connectivity index (χ1n) is 6.32. The Kier molecular flexibility index (Phi) is 3.86. The summed E-state index contributed by atoms with van der Waals surface area (Å²) in [5.41, 5.74) is 1.23. The van der Waals surface area contributed by atoms with Gasteiger partial charge in [-0.3, -0.25) is 0 Å². The number of hydrogen-bond donors (Lipinski definition) is 1. The minimum Gasteiger partial charge on any atom is -0.507 e. The molecule has 0 spiro atoms. The van der Waals surface area contributed by atoms with Crippen LogP contribution in [-0.4, -0.2) is 5.11 Å². The Morgan fingerprint density at radius 3 is 2.30 bits per heavy atom. The third-order valence-corrected chi connectivity index (χ3v) is 4.57. The number of phenols is 1. The zero-order chi connectivity index (χ0) is 13.9. The normalized spacial score (nSPS) is 10.8. The molecule has 0 aliphatic rings. The Balaban J connectivity index is 1.88. The molecule has 3 aromatic carbocycles.